The normalized spacial score (nSPS) is 20.9. The molecule has 2 aliphatic rings. The van der Waals surface area contributed by atoms with E-state index in [0.29, 0.717) is 46.1 Å². The van der Waals surface area contributed by atoms with E-state index in [-0.39, 0.29) is 18.3 Å². The lowest BCUT2D eigenvalue weighted by molar-refractivity contribution is -0.151. The predicted molar refractivity (Wildman–Crippen MR) is 147 cm³/mol. The largest absolute Gasteiger partial charge is 0.468 e. The first-order valence-electron chi connectivity index (χ1n) is 12.8. The zero-order valence-electron chi connectivity index (χ0n) is 22.1. The van der Waals surface area contributed by atoms with Gasteiger partial charge in [-0.3, -0.25) is 9.59 Å². The molecule has 1 aliphatic heterocycles. The smallest absolute Gasteiger partial charge is 0.336 e. The Morgan fingerprint density at radius 1 is 1.08 bits per heavy atom. The topological polar surface area (TPSA) is 90.9 Å². The van der Waals surface area contributed by atoms with Gasteiger partial charge in [0.05, 0.1) is 12.7 Å². The van der Waals surface area contributed by atoms with Crippen molar-refractivity contribution in [3.8, 4) is 11.5 Å². The van der Waals surface area contributed by atoms with Crippen molar-refractivity contribution in [3.05, 3.63) is 82.7 Å². The van der Waals surface area contributed by atoms with E-state index in [0.717, 1.165) is 11.4 Å². The molecule has 4 rings (SSSR count). The molecule has 0 spiro atoms. The maximum Gasteiger partial charge on any atom is 0.336 e. The molecule has 0 saturated heterocycles. The molecule has 8 heteroatoms. The second-order valence-corrected chi connectivity index (χ2v) is 10.7. The molecule has 1 N–H and O–H groups in total. The van der Waals surface area contributed by atoms with Gasteiger partial charge in [0.15, 0.2) is 5.78 Å². The van der Waals surface area contributed by atoms with E-state index in [1.807, 2.05) is 75.4 Å². The molecule has 0 saturated carbocycles. The Morgan fingerprint density at radius 3 is 2.53 bits per heavy atom. The number of methoxy groups -OCH3 is 1. The summed E-state index contributed by atoms with van der Waals surface area (Å²) in [5.74, 6) is -0.452. The van der Waals surface area contributed by atoms with E-state index in [2.05, 4.69) is 5.32 Å². The lowest BCUT2D eigenvalue weighted by Gasteiger charge is -2.38. The fraction of sp³-hybridized carbons (Fsp3) is 0.367. The third-order valence-electron chi connectivity index (χ3n) is 6.80. The van der Waals surface area contributed by atoms with Gasteiger partial charge in [-0.15, -0.1) is 0 Å². The van der Waals surface area contributed by atoms with Gasteiger partial charge in [0.2, 0.25) is 0 Å². The molecule has 2 aromatic carbocycles. The van der Waals surface area contributed by atoms with Gasteiger partial charge in [-0.05, 0) is 54.8 Å². The first-order chi connectivity index (χ1) is 18.3. The number of dihydropyridines is 1. The predicted octanol–water partition coefficient (Wildman–Crippen LogP) is 5.39. The summed E-state index contributed by atoms with van der Waals surface area (Å²) in [6, 6.07) is 16.7. The number of esters is 2. The van der Waals surface area contributed by atoms with Crippen LogP contribution in [0.15, 0.2) is 77.1 Å². The van der Waals surface area contributed by atoms with Crippen molar-refractivity contribution in [2.24, 2.45) is 11.8 Å². The molecule has 0 radical (unpaired) electrons. The number of ketones is 1. The van der Waals surface area contributed by atoms with Gasteiger partial charge in [-0.2, -0.15) is 11.8 Å². The molecule has 3 atom stereocenters. The number of benzene rings is 2. The summed E-state index contributed by atoms with van der Waals surface area (Å²) in [5, 5.41) is 3.29. The van der Waals surface area contributed by atoms with E-state index in [1.165, 1.54) is 7.11 Å². The number of thioether (sulfide) groups is 1. The minimum absolute atomic E-state index is 0.248. The standard InChI is InChI=1S/C30H33NO6S/c1-5-38-15-14-36-30(34)25-19(3)31-23-16-18(2)24(29(33)35-4)28(32)27(23)26(25)20-10-9-13-22(17-20)37-21-11-7-6-8-12-21/h6-13,17-18,24,26,31H,5,14-16H2,1-4H3/t18-,24+,26-/m0/s1. The summed E-state index contributed by atoms with van der Waals surface area (Å²) in [4.78, 5) is 40.0. The highest BCUT2D eigenvalue weighted by Crippen LogP contribution is 2.46. The number of para-hydroxylation sites is 1. The van der Waals surface area contributed by atoms with E-state index in [9.17, 15) is 14.4 Å². The number of rotatable bonds is 9. The minimum atomic E-state index is -0.941. The van der Waals surface area contributed by atoms with Gasteiger partial charge in [0.25, 0.3) is 0 Å². The summed E-state index contributed by atoms with van der Waals surface area (Å²) < 4.78 is 16.7. The van der Waals surface area contributed by atoms with Crippen LogP contribution >= 0.6 is 11.8 Å². The highest BCUT2D eigenvalue weighted by Gasteiger charge is 2.47. The molecule has 1 aliphatic carbocycles. The SMILES string of the molecule is CCSCCOC(=O)C1=C(C)NC2=C(C(=O)[C@H](C(=O)OC)[C@@H](C)C2)[C@H]1c1cccc(Oc2ccccc2)c1. The fourth-order valence-electron chi connectivity index (χ4n) is 5.08. The number of carbonyl (C=O) groups excluding carboxylic acids is 3. The second-order valence-electron chi connectivity index (χ2n) is 9.36. The van der Waals surface area contributed by atoms with Crippen LogP contribution in [-0.4, -0.2) is 42.9 Å². The molecule has 200 valence electrons. The van der Waals surface area contributed by atoms with Gasteiger partial charge in [0, 0.05) is 28.6 Å². The first kappa shape index (κ1) is 27.5. The summed E-state index contributed by atoms with van der Waals surface area (Å²) in [7, 11) is 1.29. The van der Waals surface area contributed by atoms with Crippen molar-refractivity contribution >= 4 is 29.5 Å². The van der Waals surface area contributed by atoms with Gasteiger partial charge < -0.3 is 19.5 Å². The number of hydrogen-bond acceptors (Lipinski definition) is 8. The number of ether oxygens (including phenoxy) is 3. The van der Waals surface area contributed by atoms with Crippen LogP contribution in [0.1, 0.15) is 38.7 Å². The van der Waals surface area contributed by atoms with E-state index < -0.39 is 23.8 Å². The number of Topliss-reactive ketones (excluding diaryl/α,β-unsaturated/α-hetero) is 1. The van der Waals surface area contributed by atoms with Crippen molar-refractivity contribution in [1.29, 1.82) is 0 Å². The van der Waals surface area contributed by atoms with Gasteiger partial charge in [0.1, 0.15) is 24.0 Å². The average molecular weight is 536 g/mol. The van der Waals surface area contributed by atoms with Crippen LogP contribution in [-0.2, 0) is 23.9 Å². The maximum atomic E-state index is 13.9. The molecular weight excluding hydrogens is 502 g/mol. The molecule has 0 aromatic heterocycles. The highest BCUT2D eigenvalue weighted by atomic mass is 32.2. The Hall–Kier alpha value is -3.52. The van der Waals surface area contributed by atoms with E-state index in [4.69, 9.17) is 14.2 Å². The lowest BCUT2D eigenvalue weighted by atomic mass is 9.69. The Labute approximate surface area is 227 Å². The van der Waals surface area contributed by atoms with Crippen LogP contribution in [0.5, 0.6) is 11.5 Å². The van der Waals surface area contributed by atoms with E-state index in [1.54, 1.807) is 11.8 Å². The molecular formula is C30H33NO6S. The zero-order valence-corrected chi connectivity index (χ0v) is 22.9. The van der Waals surface area contributed by atoms with Crippen LogP contribution in [0.2, 0.25) is 0 Å². The molecule has 7 nitrogen and oxygen atoms in total. The number of nitrogens with one attached hydrogen (secondary N) is 1. The second kappa shape index (κ2) is 12.3. The van der Waals surface area contributed by atoms with Gasteiger partial charge >= 0.3 is 11.9 Å². The van der Waals surface area contributed by atoms with Gasteiger partial charge in [-0.1, -0.05) is 44.2 Å². The summed E-state index contributed by atoms with van der Waals surface area (Å²) in [5.41, 5.74) is 2.81. The summed E-state index contributed by atoms with van der Waals surface area (Å²) >= 11 is 1.68. The monoisotopic (exact) mass is 535 g/mol. The zero-order chi connectivity index (χ0) is 27.2. The maximum absolute atomic E-state index is 13.9. The van der Waals surface area contributed by atoms with Crippen molar-refractivity contribution in [2.45, 2.75) is 33.1 Å². The molecule has 0 amide bonds. The first-order valence-corrected chi connectivity index (χ1v) is 13.9. The van der Waals surface area contributed by atoms with Crippen LogP contribution in [0.25, 0.3) is 0 Å². The Morgan fingerprint density at radius 2 is 1.82 bits per heavy atom. The van der Waals surface area contributed by atoms with Crippen molar-refractivity contribution < 1.29 is 28.6 Å². The Bertz CT molecular complexity index is 1270. The van der Waals surface area contributed by atoms with Crippen molar-refractivity contribution in [3.63, 3.8) is 0 Å². The van der Waals surface area contributed by atoms with Gasteiger partial charge in [-0.25, -0.2) is 4.79 Å². The molecule has 1 heterocycles. The third kappa shape index (κ3) is 5.80. The number of allylic oxidation sites excluding steroid dienone is 3. The number of carbonyl (C=O) groups is 3. The van der Waals surface area contributed by atoms with Crippen LogP contribution in [0.3, 0.4) is 0 Å². The van der Waals surface area contributed by atoms with Crippen molar-refractivity contribution in [2.75, 3.05) is 25.2 Å². The summed E-state index contributed by atoms with van der Waals surface area (Å²) in [6.45, 7) is 5.99. The van der Waals surface area contributed by atoms with Crippen LogP contribution in [0, 0.1) is 11.8 Å². The van der Waals surface area contributed by atoms with Crippen LogP contribution < -0.4 is 10.1 Å². The average Bonchev–Trinajstić information content (AvgIpc) is 2.90. The molecule has 0 fully saturated rings. The van der Waals surface area contributed by atoms with Crippen LogP contribution in [0.4, 0.5) is 0 Å². The molecule has 0 bridgehead atoms. The van der Waals surface area contributed by atoms with Crippen molar-refractivity contribution in [1.82, 2.24) is 5.32 Å². The number of hydrogen-bond donors (Lipinski definition) is 1. The lowest BCUT2D eigenvalue weighted by Crippen LogP contribution is -2.43. The third-order valence-corrected chi connectivity index (χ3v) is 7.66. The molecule has 38 heavy (non-hydrogen) atoms. The quantitative estimate of drug-likeness (QED) is 0.260. The summed E-state index contributed by atoms with van der Waals surface area (Å²) in [6.07, 6.45) is 0.477. The Balaban J connectivity index is 1.77. The molecule has 0 unspecified atom stereocenters. The highest BCUT2D eigenvalue weighted by molar-refractivity contribution is 7.99. The molecule has 2 aromatic rings. The Kier molecular flexibility index (Phi) is 8.94. The fourth-order valence-corrected chi connectivity index (χ4v) is 5.57. The minimum Gasteiger partial charge on any atom is -0.468 e. The van der Waals surface area contributed by atoms with E-state index >= 15 is 0 Å².